The molecule has 0 saturated heterocycles. The number of alkyl halides is 3. The van der Waals surface area contributed by atoms with Gasteiger partial charge in [-0.1, -0.05) is 6.07 Å². The van der Waals surface area contributed by atoms with Crippen molar-refractivity contribution in [3.63, 3.8) is 0 Å². The average molecular weight is 492 g/mol. The van der Waals surface area contributed by atoms with Crippen molar-refractivity contribution in [2.24, 2.45) is 0 Å². The fraction of sp³-hybridized carbons (Fsp3) is 0.250. The molecule has 1 aliphatic rings. The largest absolute Gasteiger partial charge is 0.406 e. The zero-order valence-corrected chi connectivity index (χ0v) is 19.0. The number of aromatic nitrogens is 8. The number of rotatable bonds is 5. The molecule has 182 valence electrons. The Hall–Kier alpha value is -4.35. The van der Waals surface area contributed by atoms with Gasteiger partial charge < -0.3 is 9.13 Å². The van der Waals surface area contributed by atoms with Crippen LogP contribution in [-0.2, 0) is 6.54 Å². The minimum Gasteiger partial charge on any atom is -0.306 e. The Bertz CT molecular complexity index is 1660. The van der Waals surface area contributed by atoms with E-state index < -0.39 is 12.7 Å². The minimum absolute atomic E-state index is 0.0551. The summed E-state index contributed by atoms with van der Waals surface area (Å²) in [6, 6.07) is 8.30. The van der Waals surface area contributed by atoms with Crippen LogP contribution in [0.2, 0.25) is 0 Å². The predicted molar refractivity (Wildman–Crippen MR) is 124 cm³/mol. The van der Waals surface area contributed by atoms with Crippen molar-refractivity contribution in [1.29, 1.82) is 0 Å². The van der Waals surface area contributed by atoms with Gasteiger partial charge in [-0.3, -0.25) is 9.36 Å². The summed E-state index contributed by atoms with van der Waals surface area (Å²) in [5.74, 6) is 0.654. The number of hydrogen-bond acceptors (Lipinski definition) is 6. The maximum atomic E-state index is 13.5. The molecule has 4 heterocycles. The normalized spacial score (nSPS) is 14.0. The third-order valence-electron chi connectivity index (χ3n) is 6.13. The van der Waals surface area contributed by atoms with Gasteiger partial charge in [0, 0.05) is 12.1 Å². The molecule has 9 nitrogen and oxygen atoms in total. The lowest BCUT2D eigenvalue weighted by Crippen LogP contribution is -2.21. The summed E-state index contributed by atoms with van der Waals surface area (Å²) in [7, 11) is 0. The Morgan fingerprint density at radius 1 is 1.08 bits per heavy atom. The van der Waals surface area contributed by atoms with Crippen LogP contribution in [0.3, 0.4) is 0 Å². The number of fused-ring (bicyclic) bond motifs is 1. The van der Waals surface area contributed by atoms with Crippen LogP contribution < -0.4 is 5.56 Å². The van der Waals surface area contributed by atoms with Crippen LogP contribution in [0.1, 0.15) is 30.0 Å². The van der Waals surface area contributed by atoms with E-state index in [1.54, 1.807) is 24.5 Å². The molecule has 6 rings (SSSR count). The Morgan fingerprint density at radius 3 is 2.69 bits per heavy atom. The van der Waals surface area contributed by atoms with Gasteiger partial charge in [-0.15, -0.1) is 10.2 Å². The minimum atomic E-state index is -4.45. The van der Waals surface area contributed by atoms with E-state index in [0.29, 0.717) is 16.8 Å². The summed E-state index contributed by atoms with van der Waals surface area (Å²) in [6.07, 6.45) is 3.93. The molecule has 0 aliphatic heterocycles. The van der Waals surface area contributed by atoms with Crippen molar-refractivity contribution in [3.8, 4) is 23.0 Å². The van der Waals surface area contributed by atoms with E-state index in [4.69, 9.17) is 0 Å². The molecule has 1 fully saturated rings. The Morgan fingerprint density at radius 2 is 1.92 bits per heavy atom. The van der Waals surface area contributed by atoms with E-state index in [9.17, 15) is 18.0 Å². The monoisotopic (exact) mass is 492 g/mol. The van der Waals surface area contributed by atoms with E-state index in [-0.39, 0.29) is 22.9 Å². The van der Waals surface area contributed by atoms with E-state index in [0.717, 1.165) is 40.7 Å². The van der Waals surface area contributed by atoms with E-state index in [1.165, 1.54) is 17.0 Å². The number of imidazole rings is 1. The number of benzene rings is 1. The summed E-state index contributed by atoms with van der Waals surface area (Å²) in [6.45, 7) is 0.693. The molecule has 0 bridgehead atoms. The first-order valence-electron chi connectivity index (χ1n) is 11.3. The third-order valence-corrected chi connectivity index (χ3v) is 6.13. The van der Waals surface area contributed by atoms with Crippen molar-refractivity contribution in [2.75, 3.05) is 0 Å². The van der Waals surface area contributed by atoms with Crippen molar-refractivity contribution in [2.45, 2.75) is 38.4 Å². The van der Waals surface area contributed by atoms with E-state index in [1.807, 2.05) is 23.8 Å². The highest BCUT2D eigenvalue weighted by atomic mass is 19.4. The summed E-state index contributed by atoms with van der Waals surface area (Å²) < 4.78 is 42.8. The van der Waals surface area contributed by atoms with Crippen LogP contribution >= 0.6 is 0 Å². The zero-order chi connectivity index (χ0) is 25.0. The molecule has 0 unspecified atom stereocenters. The van der Waals surface area contributed by atoms with Gasteiger partial charge in [0.1, 0.15) is 30.7 Å². The second kappa shape index (κ2) is 8.11. The Labute approximate surface area is 201 Å². The van der Waals surface area contributed by atoms with Crippen molar-refractivity contribution in [3.05, 3.63) is 77.1 Å². The molecule has 0 atom stereocenters. The van der Waals surface area contributed by atoms with Gasteiger partial charge in [0.2, 0.25) is 0 Å². The molecule has 12 heteroatoms. The van der Waals surface area contributed by atoms with Gasteiger partial charge in [0.05, 0.1) is 28.6 Å². The second-order valence-electron chi connectivity index (χ2n) is 8.83. The second-order valence-corrected chi connectivity index (χ2v) is 8.83. The molecule has 0 spiro atoms. The molecule has 1 aliphatic carbocycles. The van der Waals surface area contributed by atoms with Gasteiger partial charge in [0.15, 0.2) is 5.82 Å². The number of nitrogens with zero attached hydrogens (tertiary/aromatic N) is 8. The number of halogens is 3. The first kappa shape index (κ1) is 22.1. The van der Waals surface area contributed by atoms with Gasteiger partial charge in [-0.05, 0) is 49.6 Å². The van der Waals surface area contributed by atoms with E-state index >= 15 is 0 Å². The topological polar surface area (TPSA) is 96.3 Å². The number of pyridine rings is 1. The molecule has 0 N–H and O–H groups in total. The van der Waals surface area contributed by atoms with Crippen LogP contribution in [0, 0.1) is 6.92 Å². The highest BCUT2D eigenvalue weighted by Gasteiger charge is 2.30. The summed E-state index contributed by atoms with van der Waals surface area (Å²) >= 11 is 0. The molecule has 0 amide bonds. The van der Waals surface area contributed by atoms with Crippen LogP contribution in [-0.4, -0.2) is 45.0 Å². The number of hydrogen-bond donors (Lipinski definition) is 0. The Balaban J connectivity index is 1.42. The molecular formula is C24H19F3N8O. The SMILES string of the molecule is Cc1cc2ncn(-c3cccc(-c4nncn4CC(F)(F)F)n3)c(=O)c2cc1-n1cnc(C2CC2)c1. The predicted octanol–water partition coefficient (Wildman–Crippen LogP) is 3.97. The fourth-order valence-electron chi connectivity index (χ4n) is 4.21. The first-order valence-corrected chi connectivity index (χ1v) is 11.3. The summed E-state index contributed by atoms with van der Waals surface area (Å²) in [4.78, 5) is 26.8. The third kappa shape index (κ3) is 4.04. The molecule has 1 saturated carbocycles. The molecule has 0 radical (unpaired) electrons. The maximum absolute atomic E-state index is 13.5. The lowest BCUT2D eigenvalue weighted by Gasteiger charge is -2.12. The molecule has 5 aromatic rings. The molecule has 4 aromatic heterocycles. The highest BCUT2D eigenvalue weighted by Crippen LogP contribution is 2.39. The molecule has 1 aromatic carbocycles. The lowest BCUT2D eigenvalue weighted by atomic mass is 10.1. The van der Waals surface area contributed by atoms with Crippen LogP contribution in [0.15, 0.2) is 60.3 Å². The van der Waals surface area contributed by atoms with Gasteiger partial charge in [0.25, 0.3) is 5.56 Å². The van der Waals surface area contributed by atoms with Crippen LogP contribution in [0.25, 0.3) is 33.9 Å². The fourth-order valence-corrected chi connectivity index (χ4v) is 4.21. The van der Waals surface area contributed by atoms with Gasteiger partial charge in [-0.25, -0.2) is 15.0 Å². The maximum Gasteiger partial charge on any atom is 0.406 e. The van der Waals surface area contributed by atoms with E-state index in [2.05, 4.69) is 25.1 Å². The van der Waals surface area contributed by atoms with Crippen molar-refractivity contribution < 1.29 is 13.2 Å². The molecular weight excluding hydrogens is 473 g/mol. The average Bonchev–Trinajstić information content (AvgIpc) is 3.39. The van der Waals surface area contributed by atoms with Crippen molar-refractivity contribution in [1.82, 2.24) is 38.9 Å². The van der Waals surface area contributed by atoms with Gasteiger partial charge in [-0.2, -0.15) is 13.2 Å². The first-order chi connectivity index (χ1) is 17.3. The van der Waals surface area contributed by atoms with Crippen LogP contribution in [0.4, 0.5) is 13.2 Å². The zero-order valence-electron chi connectivity index (χ0n) is 19.0. The van der Waals surface area contributed by atoms with Gasteiger partial charge >= 0.3 is 6.18 Å². The highest BCUT2D eigenvalue weighted by molar-refractivity contribution is 5.81. The smallest absolute Gasteiger partial charge is 0.306 e. The standard InChI is InChI=1S/C24H19F3N8O/c1-14-7-18-16(8-20(14)33-9-19(28-11-33)15-5-6-15)23(36)35(12-29-18)21-4-2-3-17(31-21)22-32-30-13-34(22)10-24(25,26)27/h2-4,7-9,11-13,15H,5-6,10H2,1H3. The van der Waals surface area contributed by atoms with Crippen LogP contribution in [0.5, 0.6) is 0 Å². The lowest BCUT2D eigenvalue weighted by molar-refractivity contribution is -0.140. The number of aryl methyl sites for hydroxylation is 1. The quantitative estimate of drug-likeness (QED) is 0.368. The summed E-state index contributed by atoms with van der Waals surface area (Å²) in [5, 5.41) is 7.76. The molecule has 36 heavy (non-hydrogen) atoms. The summed E-state index contributed by atoms with van der Waals surface area (Å²) in [5.41, 5.74) is 3.12. The van der Waals surface area contributed by atoms with Crippen molar-refractivity contribution >= 4 is 10.9 Å². The Kier molecular flexibility index (Phi) is 4.99.